The van der Waals surface area contributed by atoms with E-state index in [9.17, 15) is 19.7 Å². The summed E-state index contributed by atoms with van der Waals surface area (Å²) in [5.41, 5.74) is 4.42. The Morgan fingerprint density at radius 1 is 1.20 bits per heavy atom. The number of non-ortho nitro benzene ring substituents is 1. The van der Waals surface area contributed by atoms with Gasteiger partial charge in [-0.2, -0.15) is 5.01 Å². The Morgan fingerprint density at radius 3 is 2.60 bits per heavy atom. The zero-order valence-electron chi connectivity index (χ0n) is 15.6. The summed E-state index contributed by atoms with van der Waals surface area (Å²) in [4.78, 5) is 35.8. The standard InChI is InChI=1S/C20H14N4O4S2/c1-22-11-13(15-4-2-3-5-16(15)22)10-17-19(26)23(20(29)30-17)21-18(25)12-6-8-14(9-7-12)24(27)28/h2-11H,1H3,(H,21,25)/b17-10-. The molecule has 0 spiro atoms. The average Bonchev–Trinajstić information content (AvgIpc) is 3.19. The van der Waals surface area contributed by atoms with Crippen LogP contribution in [-0.4, -0.2) is 30.6 Å². The number of nitro groups is 1. The second-order valence-corrected chi connectivity index (χ2v) is 8.15. The van der Waals surface area contributed by atoms with Gasteiger partial charge in [-0.1, -0.05) is 30.0 Å². The van der Waals surface area contributed by atoms with Crippen LogP contribution in [0.15, 0.2) is 59.6 Å². The van der Waals surface area contributed by atoms with Crippen LogP contribution in [-0.2, 0) is 11.8 Å². The van der Waals surface area contributed by atoms with Crippen LogP contribution in [0.4, 0.5) is 5.69 Å². The Kier molecular flexibility index (Phi) is 5.10. The quantitative estimate of drug-likeness (QED) is 0.289. The molecule has 10 heteroatoms. The van der Waals surface area contributed by atoms with E-state index in [0.717, 1.165) is 33.2 Å². The van der Waals surface area contributed by atoms with Crippen LogP contribution in [0.5, 0.6) is 0 Å². The molecule has 1 N–H and O–H groups in total. The third kappa shape index (κ3) is 3.58. The van der Waals surface area contributed by atoms with Crippen molar-refractivity contribution in [1.29, 1.82) is 0 Å². The van der Waals surface area contributed by atoms with E-state index in [0.29, 0.717) is 4.91 Å². The highest BCUT2D eigenvalue weighted by molar-refractivity contribution is 8.26. The molecule has 3 aromatic rings. The molecule has 1 saturated heterocycles. The number of thiocarbonyl (C=S) groups is 1. The predicted octanol–water partition coefficient (Wildman–Crippen LogP) is 3.63. The molecule has 8 nitrogen and oxygen atoms in total. The van der Waals surface area contributed by atoms with Crippen LogP contribution in [0.1, 0.15) is 15.9 Å². The van der Waals surface area contributed by atoms with Gasteiger partial charge in [-0.25, -0.2) is 0 Å². The predicted molar refractivity (Wildman–Crippen MR) is 118 cm³/mol. The van der Waals surface area contributed by atoms with Gasteiger partial charge >= 0.3 is 0 Å². The molecular formula is C20H14N4O4S2. The molecule has 4 rings (SSSR count). The van der Waals surface area contributed by atoms with Crippen molar-refractivity contribution >= 4 is 62.8 Å². The lowest BCUT2D eigenvalue weighted by atomic mass is 10.1. The van der Waals surface area contributed by atoms with E-state index in [1.807, 2.05) is 42.1 Å². The molecule has 1 aliphatic heterocycles. The van der Waals surface area contributed by atoms with Gasteiger partial charge < -0.3 is 4.57 Å². The van der Waals surface area contributed by atoms with Crippen molar-refractivity contribution in [2.45, 2.75) is 0 Å². The molecule has 2 heterocycles. The summed E-state index contributed by atoms with van der Waals surface area (Å²) in [5.74, 6) is -1.03. The van der Waals surface area contributed by atoms with E-state index in [-0.39, 0.29) is 15.6 Å². The molecule has 0 atom stereocenters. The van der Waals surface area contributed by atoms with Gasteiger partial charge in [0.05, 0.1) is 9.83 Å². The fraction of sp³-hybridized carbons (Fsp3) is 0.0500. The van der Waals surface area contributed by atoms with E-state index in [1.54, 1.807) is 6.08 Å². The van der Waals surface area contributed by atoms with Gasteiger partial charge in [0.2, 0.25) is 0 Å². The maximum Gasteiger partial charge on any atom is 0.285 e. The van der Waals surface area contributed by atoms with Crippen molar-refractivity contribution in [3.8, 4) is 0 Å². The smallest absolute Gasteiger partial charge is 0.285 e. The van der Waals surface area contributed by atoms with Gasteiger partial charge in [-0.15, -0.1) is 0 Å². The Balaban J connectivity index is 1.56. The van der Waals surface area contributed by atoms with Crippen molar-refractivity contribution in [3.63, 3.8) is 0 Å². The molecule has 2 aromatic carbocycles. The number of fused-ring (bicyclic) bond motifs is 1. The topological polar surface area (TPSA) is 97.5 Å². The SMILES string of the molecule is Cn1cc(/C=C2\SC(=S)N(NC(=O)c3ccc([N+](=O)[O-])cc3)C2=O)c2ccccc21. The molecule has 0 unspecified atom stereocenters. The lowest BCUT2D eigenvalue weighted by molar-refractivity contribution is -0.384. The number of carbonyl (C=O) groups excluding carboxylic acids is 2. The number of nitrogens with zero attached hydrogens (tertiary/aromatic N) is 3. The maximum absolute atomic E-state index is 12.8. The van der Waals surface area contributed by atoms with Crippen LogP contribution in [0, 0.1) is 10.1 Å². The Morgan fingerprint density at radius 2 is 1.90 bits per heavy atom. The molecule has 150 valence electrons. The lowest BCUT2D eigenvalue weighted by Gasteiger charge is -2.15. The van der Waals surface area contributed by atoms with Gasteiger partial charge in [0.25, 0.3) is 17.5 Å². The molecular weight excluding hydrogens is 424 g/mol. The number of nitrogens with one attached hydrogen (secondary N) is 1. The van der Waals surface area contributed by atoms with E-state index in [1.165, 1.54) is 24.3 Å². The van der Waals surface area contributed by atoms with E-state index in [4.69, 9.17) is 12.2 Å². The second-order valence-electron chi connectivity index (χ2n) is 6.47. The fourth-order valence-electron chi connectivity index (χ4n) is 3.09. The minimum atomic E-state index is -0.590. The molecule has 0 radical (unpaired) electrons. The van der Waals surface area contributed by atoms with Gasteiger partial charge in [-0.3, -0.25) is 25.1 Å². The number of nitro benzene ring substituents is 1. The summed E-state index contributed by atoms with van der Waals surface area (Å²) in [5, 5.41) is 12.8. The van der Waals surface area contributed by atoms with E-state index in [2.05, 4.69) is 5.43 Å². The average molecular weight is 438 g/mol. The summed E-state index contributed by atoms with van der Waals surface area (Å²) in [6.07, 6.45) is 3.67. The summed E-state index contributed by atoms with van der Waals surface area (Å²) in [6.45, 7) is 0. The molecule has 30 heavy (non-hydrogen) atoms. The Hall–Kier alpha value is -3.50. The Bertz CT molecular complexity index is 1250. The second kappa shape index (κ2) is 7.73. The lowest BCUT2D eigenvalue weighted by Crippen LogP contribution is -2.44. The highest BCUT2D eigenvalue weighted by Crippen LogP contribution is 2.33. The number of aryl methyl sites for hydroxylation is 1. The number of carbonyl (C=O) groups is 2. The molecule has 0 aliphatic carbocycles. The van der Waals surface area contributed by atoms with Crippen LogP contribution >= 0.6 is 24.0 Å². The number of rotatable bonds is 4. The van der Waals surface area contributed by atoms with Gasteiger partial charge in [0.15, 0.2) is 4.32 Å². The largest absolute Gasteiger partial charge is 0.350 e. The third-order valence-electron chi connectivity index (χ3n) is 4.56. The minimum Gasteiger partial charge on any atom is -0.350 e. The van der Waals surface area contributed by atoms with E-state index < -0.39 is 16.7 Å². The molecule has 1 aliphatic rings. The first-order valence-corrected chi connectivity index (χ1v) is 9.95. The first kappa shape index (κ1) is 19.8. The van der Waals surface area contributed by atoms with Crippen LogP contribution < -0.4 is 5.43 Å². The van der Waals surface area contributed by atoms with Gasteiger partial charge in [-0.05, 0) is 36.5 Å². The van der Waals surface area contributed by atoms with Crippen molar-refractivity contribution in [2.24, 2.45) is 7.05 Å². The molecule has 2 amide bonds. The summed E-state index contributed by atoms with van der Waals surface area (Å²) in [7, 11) is 1.93. The van der Waals surface area contributed by atoms with Gasteiger partial charge in [0, 0.05) is 47.4 Å². The zero-order chi connectivity index (χ0) is 21.4. The monoisotopic (exact) mass is 438 g/mol. The first-order valence-electron chi connectivity index (χ1n) is 8.72. The number of hydrogen-bond donors (Lipinski definition) is 1. The number of hydrogen-bond acceptors (Lipinski definition) is 6. The molecule has 1 aromatic heterocycles. The highest BCUT2D eigenvalue weighted by atomic mass is 32.2. The number of benzene rings is 2. The van der Waals surface area contributed by atoms with Crippen LogP contribution in [0.2, 0.25) is 0 Å². The zero-order valence-corrected chi connectivity index (χ0v) is 17.2. The minimum absolute atomic E-state index is 0.129. The van der Waals surface area contributed by atoms with Crippen molar-refractivity contribution in [3.05, 3.63) is 80.9 Å². The number of para-hydroxylation sites is 1. The third-order valence-corrected chi connectivity index (χ3v) is 5.86. The van der Waals surface area contributed by atoms with Crippen molar-refractivity contribution in [2.75, 3.05) is 0 Å². The summed E-state index contributed by atoms with van der Waals surface area (Å²) < 4.78 is 2.17. The van der Waals surface area contributed by atoms with Crippen LogP contribution in [0.25, 0.3) is 17.0 Å². The first-order chi connectivity index (χ1) is 14.3. The fourth-order valence-corrected chi connectivity index (χ4v) is 4.26. The van der Waals surface area contributed by atoms with Crippen LogP contribution in [0.3, 0.4) is 0 Å². The van der Waals surface area contributed by atoms with Gasteiger partial charge in [0.1, 0.15) is 0 Å². The maximum atomic E-state index is 12.8. The molecule has 0 bridgehead atoms. The Labute approximate surface area is 180 Å². The number of hydrazine groups is 1. The number of aromatic nitrogens is 1. The molecule has 1 fully saturated rings. The highest BCUT2D eigenvalue weighted by Gasteiger charge is 2.34. The molecule has 0 saturated carbocycles. The van der Waals surface area contributed by atoms with E-state index >= 15 is 0 Å². The van der Waals surface area contributed by atoms with Crippen molar-refractivity contribution in [1.82, 2.24) is 15.0 Å². The number of amides is 2. The summed E-state index contributed by atoms with van der Waals surface area (Å²) >= 11 is 6.35. The normalized spacial score (nSPS) is 15.2. The summed E-state index contributed by atoms with van der Waals surface area (Å²) in [6, 6.07) is 12.9. The number of thioether (sulfide) groups is 1. The van der Waals surface area contributed by atoms with Crippen molar-refractivity contribution < 1.29 is 14.5 Å².